The molecule has 0 aromatic carbocycles. The lowest BCUT2D eigenvalue weighted by atomic mass is 10.1. The summed E-state index contributed by atoms with van der Waals surface area (Å²) in [5.41, 5.74) is 0. The summed E-state index contributed by atoms with van der Waals surface area (Å²) in [4.78, 5) is 11.4. The van der Waals surface area contributed by atoms with E-state index in [0.717, 1.165) is 25.7 Å². The van der Waals surface area contributed by atoms with Crippen LogP contribution < -0.4 is 0 Å². The van der Waals surface area contributed by atoms with Crippen molar-refractivity contribution in [3.05, 3.63) is 0 Å². The van der Waals surface area contributed by atoms with Gasteiger partial charge < -0.3 is 4.74 Å². The first-order chi connectivity index (χ1) is 7.74. The molecule has 0 radical (unpaired) electrons. The quantitative estimate of drug-likeness (QED) is 0.407. The Morgan fingerprint density at radius 3 is 2.25 bits per heavy atom. The number of esters is 1. The van der Waals surface area contributed by atoms with Gasteiger partial charge in [-0.15, -0.1) is 0 Å². The number of unbranched alkanes of at least 4 members (excludes halogenated alkanes) is 4. The van der Waals surface area contributed by atoms with Gasteiger partial charge in [0, 0.05) is 6.42 Å². The predicted molar refractivity (Wildman–Crippen MR) is 68.5 cm³/mol. The van der Waals surface area contributed by atoms with E-state index in [2.05, 4.69) is 20.8 Å². The van der Waals surface area contributed by atoms with Gasteiger partial charge in [-0.25, -0.2) is 0 Å². The summed E-state index contributed by atoms with van der Waals surface area (Å²) in [6, 6.07) is 0. The number of carbonyl (C=O) groups is 1. The molecule has 0 aliphatic rings. The first-order valence-electron chi connectivity index (χ1n) is 6.94. The zero-order chi connectivity index (χ0) is 12.2. The Bertz CT molecular complexity index is 166. The van der Waals surface area contributed by atoms with Crippen molar-refractivity contribution >= 4 is 5.97 Å². The third-order valence-electron chi connectivity index (χ3n) is 2.87. The minimum atomic E-state index is -0.0100. The van der Waals surface area contributed by atoms with Gasteiger partial charge in [-0.1, -0.05) is 46.5 Å². The highest BCUT2D eigenvalue weighted by Gasteiger charge is 2.11. The van der Waals surface area contributed by atoms with E-state index in [1.807, 2.05) is 0 Å². The minimum Gasteiger partial charge on any atom is -0.462 e. The molecule has 0 rings (SSSR count). The molecule has 0 aromatic rings. The average molecular weight is 228 g/mol. The predicted octanol–water partition coefficient (Wildman–Crippen LogP) is 4.47. The van der Waals surface area contributed by atoms with E-state index in [0.29, 0.717) is 6.42 Å². The molecule has 96 valence electrons. The zero-order valence-electron chi connectivity index (χ0n) is 11.3. The number of carbonyl (C=O) groups excluding carboxylic acids is 1. The van der Waals surface area contributed by atoms with Crippen LogP contribution in [0.3, 0.4) is 0 Å². The van der Waals surface area contributed by atoms with Crippen molar-refractivity contribution in [2.24, 2.45) is 0 Å². The smallest absolute Gasteiger partial charge is 0.306 e. The van der Waals surface area contributed by atoms with Crippen molar-refractivity contribution in [2.75, 3.05) is 0 Å². The fourth-order valence-corrected chi connectivity index (χ4v) is 1.71. The second-order valence-corrected chi connectivity index (χ2v) is 4.47. The SMILES string of the molecule is CCCCCCC(CC)OC(=O)CCCC. The van der Waals surface area contributed by atoms with Crippen LogP contribution in [-0.2, 0) is 9.53 Å². The van der Waals surface area contributed by atoms with Crippen LogP contribution in [0.4, 0.5) is 0 Å². The van der Waals surface area contributed by atoms with Gasteiger partial charge in [-0.3, -0.25) is 4.79 Å². The molecule has 1 atom stereocenters. The van der Waals surface area contributed by atoms with Crippen molar-refractivity contribution in [1.82, 2.24) is 0 Å². The maximum absolute atomic E-state index is 11.4. The highest BCUT2D eigenvalue weighted by Crippen LogP contribution is 2.12. The van der Waals surface area contributed by atoms with Gasteiger partial charge in [0.15, 0.2) is 0 Å². The molecule has 2 heteroatoms. The van der Waals surface area contributed by atoms with E-state index < -0.39 is 0 Å². The lowest BCUT2D eigenvalue weighted by Crippen LogP contribution is -2.17. The zero-order valence-corrected chi connectivity index (χ0v) is 11.3. The highest BCUT2D eigenvalue weighted by atomic mass is 16.5. The van der Waals surface area contributed by atoms with Crippen LogP contribution >= 0.6 is 0 Å². The van der Waals surface area contributed by atoms with Gasteiger partial charge in [0.2, 0.25) is 0 Å². The van der Waals surface area contributed by atoms with Crippen LogP contribution in [0.2, 0.25) is 0 Å². The second-order valence-electron chi connectivity index (χ2n) is 4.47. The van der Waals surface area contributed by atoms with Crippen molar-refractivity contribution < 1.29 is 9.53 Å². The van der Waals surface area contributed by atoms with Gasteiger partial charge in [0.1, 0.15) is 6.10 Å². The van der Waals surface area contributed by atoms with E-state index in [1.54, 1.807) is 0 Å². The fraction of sp³-hybridized carbons (Fsp3) is 0.929. The third kappa shape index (κ3) is 8.75. The topological polar surface area (TPSA) is 26.3 Å². The van der Waals surface area contributed by atoms with E-state index >= 15 is 0 Å². The molecule has 0 aromatic heterocycles. The lowest BCUT2D eigenvalue weighted by molar-refractivity contribution is -0.149. The van der Waals surface area contributed by atoms with Gasteiger partial charge in [-0.05, 0) is 25.7 Å². The summed E-state index contributed by atoms with van der Waals surface area (Å²) < 4.78 is 5.44. The van der Waals surface area contributed by atoms with Crippen molar-refractivity contribution in [3.8, 4) is 0 Å². The second kappa shape index (κ2) is 11.0. The Morgan fingerprint density at radius 1 is 1.00 bits per heavy atom. The Hall–Kier alpha value is -0.530. The molecule has 1 unspecified atom stereocenters. The number of ether oxygens (including phenoxy) is 1. The molecule has 0 heterocycles. The molecule has 16 heavy (non-hydrogen) atoms. The Morgan fingerprint density at radius 2 is 1.69 bits per heavy atom. The standard InChI is InChI=1S/C14H28O2/c1-4-7-9-10-11-13(6-3)16-14(15)12-8-5-2/h13H,4-12H2,1-3H3. The first kappa shape index (κ1) is 15.5. The first-order valence-corrected chi connectivity index (χ1v) is 6.94. The van der Waals surface area contributed by atoms with E-state index in [4.69, 9.17) is 4.74 Å². The molecule has 0 spiro atoms. The van der Waals surface area contributed by atoms with Crippen LogP contribution in [0.1, 0.15) is 78.6 Å². The average Bonchev–Trinajstić information content (AvgIpc) is 2.30. The van der Waals surface area contributed by atoms with Crippen LogP contribution in [-0.4, -0.2) is 12.1 Å². The highest BCUT2D eigenvalue weighted by molar-refractivity contribution is 5.69. The van der Waals surface area contributed by atoms with Crippen molar-refractivity contribution in [2.45, 2.75) is 84.7 Å². The summed E-state index contributed by atoms with van der Waals surface area (Å²) >= 11 is 0. The van der Waals surface area contributed by atoms with E-state index in [-0.39, 0.29) is 12.1 Å². The molecule has 0 fully saturated rings. The third-order valence-corrected chi connectivity index (χ3v) is 2.87. The van der Waals surface area contributed by atoms with Gasteiger partial charge in [-0.2, -0.15) is 0 Å². The molecular formula is C14H28O2. The van der Waals surface area contributed by atoms with Crippen LogP contribution in [0, 0.1) is 0 Å². The molecule has 0 saturated carbocycles. The molecule has 0 aliphatic carbocycles. The van der Waals surface area contributed by atoms with Gasteiger partial charge in [0.25, 0.3) is 0 Å². The number of hydrogen-bond donors (Lipinski definition) is 0. The van der Waals surface area contributed by atoms with Crippen LogP contribution in [0.5, 0.6) is 0 Å². The minimum absolute atomic E-state index is 0.0100. The number of hydrogen-bond acceptors (Lipinski definition) is 2. The molecule has 0 amide bonds. The molecule has 0 saturated heterocycles. The maximum Gasteiger partial charge on any atom is 0.306 e. The van der Waals surface area contributed by atoms with Crippen LogP contribution in [0.25, 0.3) is 0 Å². The summed E-state index contributed by atoms with van der Waals surface area (Å²) in [6.45, 7) is 6.40. The molecule has 0 aliphatic heterocycles. The van der Waals surface area contributed by atoms with Crippen molar-refractivity contribution in [1.29, 1.82) is 0 Å². The molecule has 0 bridgehead atoms. The van der Waals surface area contributed by atoms with E-state index in [9.17, 15) is 4.79 Å². The maximum atomic E-state index is 11.4. The summed E-state index contributed by atoms with van der Waals surface area (Å²) in [5.74, 6) is -0.0100. The largest absolute Gasteiger partial charge is 0.462 e. The fourth-order valence-electron chi connectivity index (χ4n) is 1.71. The summed E-state index contributed by atoms with van der Waals surface area (Å²) in [5, 5.41) is 0. The molecule has 0 N–H and O–H groups in total. The Kier molecular flexibility index (Phi) is 10.6. The van der Waals surface area contributed by atoms with Gasteiger partial charge in [0.05, 0.1) is 0 Å². The summed E-state index contributed by atoms with van der Waals surface area (Å²) in [7, 11) is 0. The van der Waals surface area contributed by atoms with E-state index in [1.165, 1.54) is 25.7 Å². The normalized spacial score (nSPS) is 12.4. The monoisotopic (exact) mass is 228 g/mol. The van der Waals surface area contributed by atoms with Crippen molar-refractivity contribution in [3.63, 3.8) is 0 Å². The van der Waals surface area contributed by atoms with Gasteiger partial charge >= 0.3 is 5.97 Å². The lowest BCUT2D eigenvalue weighted by Gasteiger charge is -2.15. The Balaban J connectivity index is 3.60. The summed E-state index contributed by atoms with van der Waals surface area (Å²) in [6.07, 6.45) is 9.73. The number of rotatable bonds is 10. The molecule has 2 nitrogen and oxygen atoms in total. The Labute approximate surface area is 101 Å². The van der Waals surface area contributed by atoms with Crippen LogP contribution in [0.15, 0.2) is 0 Å². The molecular weight excluding hydrogens is 200 g/mol.